The predicted octanol–water partition coefficient (Wildman–Crippen LogP) is 4.54. The van der Waals surface area contributed by atoms with Gasteiger partial charge in [0, 0.05) is 17.0 Å². The first-order chi connectivity index (χ1) is 11.7. The molecule has 0 aliphatic rings. The summed E-state index contributed by atoms with van der Waals surface area (Å²) in [5, 5.41) is 0. The van der Waals surface area contributed by atoms with E-state index in [9.17, 15) is 4.79 Å². The van der Waals surface area contributed by atoms with Gasteiger partial charge in [0.2, 0.25) is 0 Å². The van der Waals surface area contributed by atoms with E-state index in [1.165, 1.54) is 16.1 Å². The summed E-state index contributed by atoms with van der Waals surface area (Å²) in [6, 6.07) is 19.5. The standard InChI is InChI=1S/C20H20N2OS/c1-3-17-18(15-11-7-5-8-12-15)22(4-2)20(24-17)21-19(23)16-13-9-6-10-14-16/h5-14H,3-4H2,1-2H3. The highest BCUT2D eigenvalue weighted by molar-refractivity contribution is 7.09. The molecule has 1 aromatic heterocycles. The zero-order chi connectivity index (χ0) is 16.9. The van der Waals surface area contributed by atoms with Crippen molar-refractivity contribution in [2.45, 2.75) is 26.8 Å². The molecule has 2 aromatic carbocycles. The largest absolute Gasteiger partial charge is 0.316 e. The smallest absolute Gasteiger partial charge is 0.279 e. The van der Waals surface area contributed by atoms with Gasteiger partial charge in [-0.2, -0.15) is 4.99 Å². The molecule has 0 saturated carbocycles. The second kappa shape index (κ2) is 7.41. The van der Waals surface area contributed by atoms with E-state index in [2.05, 4.69) is 35.5 Å². The summed E-state index contributed by atoms with van der Waals surface area (Å²) >= 11 is 1.60. The maximum atomic E-state index is 12.5. The van der Waals surface area contributed by atoms with Gasteiger partial charge in [-0.3, -0.25) is 4.79 Å². The van der Waals surface area contributed by atoms with Crippen molar-refractivity contribution in [3.63, 3.8) is 0 Å². The van der Waals surface area contributed by atoms with E-state index in [1.54, 1.807) is 23.5 Å². The fraction of sp³-hybridized carbons (Fsp3) is 0.200. The van der Waals surface area contributed by atoms with Gasteiger partial charge < -0.3 is 4.57 Å². The first kappa shape index (κ1) is 16.4. The molecule has 0 fully saturated rings. The maximum absolute atomic E-state index is 12.5. The summed E-state index contributed by atoms with van der Waals surface area (Å²) < 4.78 is 2.14. The Hall–Kier alpha value is -2.46. The summed E-state index contributed by atoms with van der Waals surface area (Å²) in [5.41, 5.74) is 2.96. The molecule has 0 spiro atoms. The van der Waals surface area contributed by atoms with E-state index in [4.69, 9.17) is 0 Å². The predicted molar refractivity (Wildman–Crippen MR) is 99.1 cm³/mol. The van der Waals surface area contributed by atoms with Crippen LogP contribution in [-0.2, 0) is 13.0 Å². The average Bonchev–Trinajstić information content (AvgIpc) is 3.00. The summed E-state index contributed by atoms with van der Waals surface area (Å²) in [5.74, 6) is -0.193. The second-order valence-corrected chi connectivity index (χ2v) is 6.47. The lowest BCUT2D eigenvalue weighted by atomic mass is 10.1. The van der Waals surface area contributed by atoms with E-state index < -0.39 is 0 Å². The molecular weight excluding hydrogens is 316 g/mol. The van der Waals surface area contributed by atoms with Gasteiger partial charge in [-0.05, 0) is 31.0 Å². The second-order valence-electron chi connectivity index (χ2n) is 5.40. The lowest BCUT2D eigenvalue weighted by Crippen LogP contribution is -2.17. The fourth-order valence-electron chi connectivity index (χ4n) is 2.72. The topological polar surface area (TPSA) is 34.4 Å². The molecule has 0 radical (unpaired) electrons. The number of rotatable bonds is 4. The molecule has 0 bridgehead atoms. The Morgan fingerprint density at radius 1 is 1.00 bits per heavy atom. The van der Waals surface area contributed by atoms with Gasteiger partial charge in [0.15, 0.2) is 4.80 Å². The van der Waals surface area contributed by atoms with Gasteiger partial charge in [0.25, 0.3) is 5.91 Å². The van der Waals surface area contributed by atoms with E-state index in [0.29, 0.717) is 5.56 Å². The third-order valence-corrected chi connectivity index (χ3v) is 5.10. The molecule has 0 atom stereocenters. The van der Waals surface area contributed by atoms with Crippen LogP contribution in [-0.4, -0.2) is 10.5 Å². The molecule has 0 unspecified atom stereocenters. The molecule has 24 heavy (non-hydrogen) atoms. The van der Waals surface area contributed by atoms with Crippen LogP contribution in [0.25, 0.3) is 11.3 Å². The van der Waals surface area contributed by atoms with Crippen LogP contribution < -0.4 is 4.80 Å². The van der Waals surface area contributed by atoms with Crippen LogP contribution in [0.2, 0.25) is 0 Å². The van der Waals surface area contributed by atoms with E-state index >= 15 is 0 Å². The molecule has 0 N–H and O–H groups in total. The first-order valence-electron chi connectivity index (χ1n) is 8.16. The van der Waals surface area contributed by atoms with Crippen molar-refractivity contribution in [3.05, 3.63) is 75.9 Å². The van der Waals surface area contributed by atoms with Crippen LogP contribution >= 0.6 is 11.3 Å². The van der Waals surface area contributed by atoms with Gasteiger partial charge in [-0.15, -0.1) is 11.3 Å². The lowest BCUT2D eigenvalue weighted by Gasteiger charge is -2.08. The summed E-state index contributed by atoms with van der Waals surface area (Å²) in [6.45, 7) is 5.01. The van der Waals surface area contributed by atoms with Crippen molar-refractivity contribution in [2.75, 3.05) is 0 Å². The number of hydrogen-bond donors (Lipinski definition) is 0. The summed E-state index contributed by atoms with van der Waals surface area (Å²) in [6.07, 6.45) is 0.921. The molecule has 1 heterocycles. The van der Waals surface area contributed by atoms with Gasteiger partial charge in [-0.1, -0.05) is 55.5 Å². The third kappa shape index (κ3) is 3.24. The number of benzene rings is 2. The van der Waals surface area contributed by atoms with Crippen molar-refractivity contribution in [2.24, 2.45) is 4.99 Å². The minimum atomic E-state index is -0.193. The maximum Gasteiger partial charge on any atom is 0.279 e. The van der Waals surface area contributed by atoms with Crippen LogP contribution in [0.15, 0.2) is 65.7 Å². The van der Waals surface area contributed by atoms with Crippen molar-refractivity contribution < 1.29 is 4.79 Å². The monoisotopic (exact) mass is 336 g/mol. The van der Waals surface area contributed by atoms with Crippen LogP contribution in [0.5, 0.6) is 0 Å². The highest BCUT2D eigenvalue weighted by Crippen LogP contribution is 2.26. The molecule has 122 valence electrons. The Morgan fingerprint density at radius 2 is 1.62 bits per heavy atom. The minimum Gasteiger partial charge on any atom is -0.316 e. The molecule has 1 amide bonds. The average molecular weight is 336 g/mol. The van der Waals surface area contributed by atoms with Gasteiger partial charge >= 0.3 is 0 Å². The summed E-state index contributed by atoms with van der Waals surface area (Å²) in [4.78, 5) is 18.9. The Labute approximate surface area is 145 Å². The number of carbonyl (C=O) groups excluding carboxylic acids is 1. The van der Waals surface area contributed by atoms with Gasteiger partial charge in [0.05, 0.1) is 5.69 Å². The van der Waals surface area contributed by atoms with E-state index in [0.717, 1.165) is 17.8 Å². The third-order valence-electron chi connectivity index (χ3n) is 3.88. The number of nitrogens with zero attached hydrogens (tertiary/aromatic N) is 2. The summed E-state index contributed by atoms with van der Waals surface area (Å²) in [7, 11) is 0. The van der Waals surface area contributed by atoms with E-state index in [1.807, 2.05) is 36.4 Å². The molecule has 3 rings (SSSR count). The Morgan fingerprint density at radius 3 is 2.21 bits per heavy atom. The number of aromatic nitrogens is 1. The van der Waals surface area contributed by atoms with Crippen LogP contribution in [0.3, 0.4) is 0 Å². The van der Waals surface area contributed by atoms with E-state index in [-0.39, 0.29) is 5.91 Å². The first-order valence-corrected chi connectivity index (χ1v) is 8.98. The highest BCUT2D eigenvalue weighted by atomic mass is 32.1. The van der Waals surface area contributed by atoms with Crippen molar-refractivity contribution in [3.8, 4) is 11.3 Å². The normalized spacial score (nSPS) is 11.7. The molecular formula is C20H20N2OS. The Bertz CT molecular complexity index is 892. The number of carbonyl (C=O) groups is 1. The van der Waals surface area contributed by atoms with Crippen LogP contribution in [0.4, 0.5) is 0 Å². The lowest BCUT2D eigenvalue weighted by molar-refractivity contribution is 0.0998. The SMILES string of the molecule is CCc1sc(=NC(=O)c2ccccc2)n(CC)c1-c1ccccc1. The molecule has 0 saturated heterocycles. The molecule has 3 nitrogen and oxygen atoms in total. The number of thiazole rings is 1. The Kier molecular flexibility index (Phi) is 5.06. The number of amides is 1. The highest BCUT2D eigenvalue weighted by Gasteiger charge is 2.14. The van der Waals surface area contributed by atoms with Crippen molar-refractivity contribution >= 4 is 17.2 Å². The molecule has 0 aliphatic carbocycles. The van der Waals surface area contributed by atoms with Gasteiger partial charge in [0.1, 0.15) is 0 Å². The quantitative estimate of drug-likeness (QED) is 0.689. The van der Waals surface area contributed by atoms with Crippen molar-refractivity contribution in [1.29, 1.82) is 0 Å². The molecule has 0 aliphatic heterocycles. The van der Waals surface area contributed by atoms with Gasteiger partial charge in [-0.25, -0.2) is 0 Å². The number of aryl methyl sites for hydroxylation is 1. The van der Waals surface area contributed by atoms with Crippen molar-refractivity contribution in [1.82, 2.24) is 4.57 Å². The zero-order valence-corrected chi connectivity index (χ0v) is 14.7. The molecule has 4 heteroatoms. The van der Waals surface area contributed by atoms with Crippen LogP contribution in [0, 0.1) is 0 Å². The fourth-order valence-corrected chi connectivity index (χ4v) is 3.87. The van der Waals surface area contributed by atoms with Crippen LogP contribution in [0.1, 0.15) is 29.1 Å². The minimum absolute atomic E-state index is 0.193. The number of hydrogen-bond acceptors (Lipinski definition) is 2. The zero-order valence-electron chi connectivity index (χ0n) is 13.9. The molecule has 3 aromatic rings. The Balaban J connectivity index is 2.14.